The molecule has 11 nitrogen and oxygen atoms in total. The Kier molecular flexibility index (Phi) is 8.87. The van der Waals surface area contributed by atoms with E-state index in [4.69, 9.17) is 10.5 Å². The first kappa shape index (κ1) is 24.5. The van der Waals surface area contributed by atoms with Crippen molar-refractivity contribution < 1.29 is 33.5 Å². The zero-order chi connectivity index (χ0) is 23.7. The number of ether oxygens (including phenoxy) is 1. The summed E-state index contributed by atoms with van der Waals surface area (Å²) in [4.78, 5) is 71.6. The quantitative estimate of drug-likeness (QED) is 0.209. The standard InChI is InChI=1S/C21H26N4O7/c1-13(27)23-9-2-3-10-24-17(28)12-32-16-8-4-6-14-18(16)21(31)25(20(14)30)15(19(22)29)7-5-11-26/h4,6,8,11,15H,2-3,5,7,9-10,12H2,1H3,(H2,22,29)(H,23,27)(H,24,28). The Morgan fingerprint density at radius 1 is 1.12 bits per heavy atom. The summed E-state index contributed by atoms with van der Waals surface area (Å²) in [6.07, 6.45) is 1.80. The largest absolute Gasteiger partial charge is 0.483 e. The van der Waals surface area contributed by atoms with E-state index in [2.05, 4.69) is 10.6 Å². The Morgan fingerprint density at radius 3 is 2.44 bits per heavy atom. The third-order valence-electron chi connectivity index (χ3n) is 4.76. The highest BCUT2D eigenvalue weighted by atomic mass is 16.5. The number of hydrogen-bond donors (Lipinski definition) is 3. The van der Waals surface area contributed by atoms with Gasteiger partial charge in [0.2, 0.25) is 11.8 Å². The lowest BCUT2D eigenvalue weighted by Crippen LogP contribution is -2.47. The van der Waals surface area contributed by atoms with Gasteiger partial charge < -0.3 is 25.9 Å². The number of carbonyl (C=O) groups excluding carboxylic acids is 6. The molecule has 1 aliphatic heterocycles. The van der Waals surface area contributed by atoms with Crippen LogP contribution >= 0.6 is 0 Å². The first-order valence-electron chi connectivity index (χ1n) is 10.2. The van der Waals surface area contributed by atoms with E-state index in [-0.39, 0.29) is 42.2 Å². The molecule has 0 spiro atoms. The van der Waals surface area contributed by atoms with Crippen LogP contribution in [0.2, 0.25) is 0 Å². The van der Waals surface area contributed by atoms with E-state index < -0.39 is 29.7 Å². The van der Waals surface area contributed by atoms with Gasteiger partial charge in [-0.1, -0.05) is 6.07 Å². The maximum absolute atomic E-state index is 12.9. The molecule has 0 fully saturated rings. The van der Waals surface area contributed by atoms with Gasteiger partial charge in [0.1, 0.15) is 18.1 Å². The van der Waals surface area contributed by atoms with E-state index in [0.29, 0.717) is 32.2 Å². The molecular formula is C21H26N4O7. The maximum Gasteiger partial charge on any atom is 0.266 e. The first-order chi connectivity index (χ1) is 15.3. The summed E-state index contributed by atoms with van der Waals surface area (Å²) in [5, 5.41) is 5.32. The average molecular weight is 446 g/mol. The molecule has 0 aromatic heterocycles. The van der Waals surface area contributed by atoms with Gasteiger partial charge >= 0.3 is 0 Å². The fourth-order valence-electron chi connectivity index (χ4n) is 3.24. The number of nitrogens with zero attached hydrogens (tertiary/aromatic N) is 1. The van der Waals surface area contributed by atoms with Crippen molar-refractivity contribution in [2.45, 2.75) is 38.6 Å². The Labute approximate surface area is 184 Å². The minimum absolute atomic E-state index is 0.0303. The van der Waals surface area contributed by atoms with Crippen molar-refractivity contribution in [1.82, 2.24) is 15.5 Å². The Hall–Kier alpha value is -3.76. The lowest BCUT2D eigenvalue weighted by Gasteiger charge is -2.22. The van der Waals surface area contributed by atoms with Crippen LogP contribution in [0, 0.1) is 0 Å². The minimum atomic E-state index is -1.26. The van der Waals surface area contributed by atoms with Crippen LogP contribution in [0.4, 0.5) is 0 Å². The van der Waals surface area contributed by atoms with Crippen molar-refractivity contribution in [3.05, 3.63) is 29.3 Å². The molecule has 0 bridgehead atoms. The van der Waals surface area contributed by atoms with Crippen LogP contribution < -0.4 is 21.1 Å². The number of carbonyl (C=O) groups is 6. The number of unbranched alkanes of at least 4 members (excludes halogenated alkanes) is 1. The van der Waals surface area contributed by atoms with Gasteiger partial charge in [0.05, 0.1) is 11.1 Å². The van der Waals surface area contributed by atoms with Gasteiger partial charge in [0, 0.05) is 26.4 Å². The lowest BCUT2D eigenvalue weighted by atomic mass is 10.1. The summed E-state index contributed by atoms with van der Waals surface area (Å²) in [5.41, 5.74) is 5.31. The number of primary amides is 1. The van der Waals surface area contributed by atoms with Crippen molar-refractivity contribution in [1.29, 1.82) is 0 Å². The van der Waals surface area contributed by atoms with Gasteiger partial charge in [-0.15, -0.1) is 0 Å². The zero-order valence-electron chi connectivity index (χ0n) is 17.7. The molecule has 32 heavy (non-hydrogen) atoms. The molecule has 1 aromatic carbocycles. The van der Waals surface area contributed by atoms with Crippen LogP contribution in [0.25, 0.3) is 0 Å². The number of fused-ring (bicyclic) bond motifs is 1. The molecule has 2 rings (SSSR count). The molecule has 1 aliphatic rings. The number of hydrogen-bond acceptors (Lipinski definition) is 7. The van der Waals surface area contributed by atoms with E-state index in [1.54, 1.807) is 0 Å². The number of amides is 5. The van der Waals surface area contributed by atoms with Gasteiger partial charge in [0.25, 0.3) is 17.7 Å². The monoisotopic (exact) mass is 446 g/mol. The van der Waals surface area contributed by atoms with Crippen molar-refractivity contribution in [2.24, 2.45) is 5.73 Å². The number of rotatable bonds is 13. The second kappa shape index (κ2) is 11.6. The predicted octanol–water partition coefficient (Wildman–Crippen LogP) is -0.473. The molecular weight excluding hydrogens is 420 g/mol. The smallest absolute Gasteiger partial charge is 0.266 e. The number of aldehydes is 1. The third kappa shape index (κ3) is 6.13. The highest BCUT2D eigenvalue weighted by Crippen LogP contribution is 2.32. The van der Waals surface area contributed by atoms with Crippen molar-refractivity contribution in [3.63, 3.8) is 0 Å². The minimum Gasteiger partial charge on any atom is -0.483 e. The fraction of sp³-hybridized carbons (Fsp3) is 0.429. The molecule has 0 saturated carbocycles. The normalized spacial score (nSPS) is 13.3. The summed E-state index contributed by atoms with van der Waals surface area (Å²) in [7, 11) is 0. The molecule has 4 N–H and O–H groups in total. The maximum atomic E-state index is 12.9. The van der Waals surface area contributed by atoms with Crippen molar-refractivity contribution >= 4 is 35.8 Å². The first-order valence-corrected chi connectivity index (χ1v) is 10.2. The third-order valence-corrected chi connectivity index (χ3v) is 4.76. The van der Waals surface area contributed by atoms with E-state index in [1.165, 1.54) is 25.1 Å². The molecule has 1 unspecified atom stereocenters. The van der Waals surface area contributed by atoms with Crippen LogP contribution in [-0.2, 0) is 19.2 Å². The summed E-state index contributed by atoms with van der Waals surface area (Å²) < 4.78 is 5.47. The number of nitrogens with two attached hydrogens (primary N) is 1. The topological polar surface area (TPSA) is 165 Å². The fourth-order valence-corrected chi connectivity index (χ4v) is 3.24. The van der Waals surface area contributed by atoms with Crippen LogP contribution in [0.1, 0.15) is 53.3 Å². The molecule has 1 atom stereocenters. The van der Waals surface area contributed by atoms with Crippen LogP contribution in [0.15, 0.2) is 18.2 Å². The second-order valence-corrected chi connectivity index (χ2v) is 7.15. The second-order valence-electron chi connectivity index (χ2n) is 7.15. The summed E-state index contributed by atoms with van der Waals surface area (Å²) in [6.45, 7) is 1.95. The average Bonchev–Trinajstić information content (AvgIpc) is 3.00. The van der Waals surface area contributed by atoms with Gasteiger partial charge in [-0.3, -0.25) is 28.9 Å². The highest BCUT2D eigenvalue weighted by Gasteiger charge is 2.43. The number of nitrogens with one attached hydrogen (secondary N) is 2. The van der Waals surface area contributed by atoms with E-state index in [9.17, 15) is 28.8 Å². The van der Waals surface area contributed by atoms with Gasteiger partial charge in [0.15, 0.2) is 6.61 Å². The number of benzene rings is 1. The molecule has 1 aromatic rings. The summed E-state index contributed by atoms with van der Waals surface area (Å²) >= 11 is 0. The molecule has 0 saturated heterocycles. The van der Waals surface area contributed by atoms with Gasteiger partial charge in [-0.05, 0) is 31.4 Å². The van der Waals surface area contributed by atoms with E-state index in [0.717, 1.165) is 4.90 Å². The predicted molar refractivity (Wildman–Crippen MR) is 112 cm³/mol. The van der Waals surface area contributed by atoms with Crippen LogP contribution in [-0.4, -0.2) is 66.5 Å². The molecule has 0 radical (unpaired) electrons. The van der Waals surface area contributed by atoms with Gasteiger partial charge in [-0.25, -0.2) is 0 Å². The summed E-state index contributed by atoms with van der Waals surface area (Å²) in [5.74, 6) is -2.89. The van der Waals surface area contributed by atoms with Gasteiger partial charge in [-0.2, -0.15) is 0 Å². The molecule has 5 amide bonds. The lowest BCUT2D eigenvalue weighted by molar-refractivity contribution is -0.123. The Morgan fingerprint density at radius 2 is 1.81 bits per heavy atom. The summed E-state index contributed by atoms with van der Waals surface area (Å²) in [6, 6.07) is 3.09. The molecule has 11 heteroatoms. The Bertz CT molecular complexity index is 915. The molecule has 1 heterocycles. The number of imide groups is 1. The van der Waals surface area contributed by atoms with Crippen LogP contribution in [0.3, 0.4) is 0 Å². The molecule has 172 valence electrons. The zero-order valence-corrected chi connectivity index (χ0v) is 17.7. The highest BCUT2D eigenvalue weighted by molar-refractivity contribution is 6.24. The Balaban J connectivity index is 1.99. The molecule has 0 aliphatic carbocycles. The van der Waals surface area contributed by atoms with Crippen molar-refractivity contribution in [3.8, 4) is 5.75 Å². The van der Waals surface area contributed by atoms with Crippen LogP contribution in [0.5, 0.6) is 5.75 Å². The SMILES string of the molecule is CC(=O)NCCCCNC(=O)COc1cccc2c1C(=O)N(C(CCC=O)C(N)=O)C2=O. The van der Waals surface area contributed by atoms with E-state index in [1.807, 2.05) is 0 Å². The van der Waals surface area contributed by atoms with Crippen molar-refractivity contribution in [2.75, 3.05) is 19.7 Å². The van der Waals surface area contributed by atoms with E-state index >= 15 is 0 Å².